The number of aryl methyl sites for hydroxylation is 2. The van der Waals surface area contributed by atoms with Crippen molar-refractivity contribution in [3.8, 4) is 22.3 Å². The molecule has 0 amide bonds. The molecule has 0 saturated carbocycles. The molecule has 2 aliphatic heterocycles. The minimum Gasteiger partial charge on any atom is -0.341 e. The first-order valence-electron chi connectivity index (χ1n) is 21.8. The summed E-state index contributed by atoms with van der Waals surface area (Å²) in [6, 6.07) is 55.9. The predicted octanol–water partition coefficient (Wildman–Crippen LogP) is 14.8. The Morgan fingerprint density at radius 3 is 1.75 bits per heavy atom. The Labute approximate surface area is 347 Å². The fraction of sp³-hybridized carbons (Fsp3) is 0.193. The third-order valence-corrected chi connectivity index (χ3v) is 14.4. The van der Waals surface area contributed by atoms with E-state index < -0.39 is 0 Å². The summed E-state index contributed by atoms with van der Waals surface area (Å²) >= 11 is 0. The summed E-state index contributed by atoms with van der Waals surface area (Å²) in [4.78, 5) is 5.14. The topological polar surface area (TPSA) is 6.48 Å². The zero-order chi connectivity index (χ0) is 39.2. The monoisotopic (exact) mass is 760 g/mol. The van der Waals surface area contributed by atoms with Gasteiger partial charge in [-0.15, -0.1) is 0 Å². The quantitative estimate of drug-likeness (QED) is 0.165. The van der Waals surface area contributed by atoms with E-state index in [4.69, 9.17) is 0 Å². The van der Waals surface area contributed by atoms with E-state index in [1.165, 1.54) is 99.6 Å². The lowest BCUT2D eigenvalue weighted by atomic mass is 9.74. The summed E-state index contributed by atoms with van der Waals surface area (Å²) in [7, 11) is 0. The van der Waals surface area contributed by atoms with Crippen LogP contribution in [0.2, 0.25) is 0 Å². The van der Waals surface area contributed by atoms with E-state index in [0.29, 0.717) is 11.8 Å². The molecule has 8 aromatic carbocycles. The Morgan fingerprint density at radius 1 is 0.492 bits per heavy atom. The Kier molecular flexibility index (Phi) is 7.83. The summed E-state index contributed by atoms with van der Waals surface area (Å²) in [5, 5.41) is 7.81. The fourth-order valence-corrected chi connectivity index (χ4v) is 11.6. The summed E-state index contributed by atoms with van der Waals surface area (Å²) in [5.74, 6) is 0.743. The number of fused-ring (bicyclic) bond motifs is 8. The molecule has 2 unspecified atom stereocenters. The second kappa shape index (κ2) is 13.3. The SMILES string of the molecule is CC1(C)c2cccc(-c3c4cc(N5CCCc6ccccc65)ccc4c(-c4cccc5ccccc45)c4cc(N5CCCc6ccccc65)ccc34)c2C2C=CC=CC21. The van der Waals surface area contributed by atoms with Crippen molar-refractivity contribution in [2.75, 3.05) is 22.9 Å². The van der Waals surface area contributed by atoms with Crippen LogP contribution in [0, 0.1) is 5.92 Å². The molecule has 0 bridgehead atoms. The van der Waals surface area contributed by atoms with E-state index in [0.717, 1.165) is 38.8 Å². The van der Waals surface area contributed by atoms with Gasteiger partial charge in [0.05, 0.1) is 0 Å². The third-order valence-electron chi connectivity index (χ3n) is 14.4. The number of rotatable bonds is 4. The molecule has 2 heterocycles. The Morgan fingerprint density at radius 2 is 1.05 bits per heavy atom. The molecule has 0 aromatic heterocycles. The molecule has 0 radical (unpaired) electrons. The van der Waals surface area contributed by atoms with E-state index in [-0.39, 0.29) is 5.41 Å². The average molecular weight is 761 g/mol. The van der Waals surface area contributed by atoms with Crippen molar-refractivity contribution in [1.29, 1.82) is 0 Å². The summed E-state index contributed by atoms with van der Waals surface area (Å²) < 4.78 is 0. The third kappa shape index (κ3) is 5.25. The molecule has 8 aromatic rings. The Hall–Kier alpha value is -6.38. The lowest BCUT2D eigenvalue weighted by molar-refractivity contribution is 0.394. The molecule has 2 nitrogen and oxygen atoms in total. The highest BCUT2D eigenvalue weighted by molar-refractivity contribution is 6.25. The van der Waals surface area contributed by atoms with Gasteiger partial charge in [-0.25, -0.2) is 0 Å². The lowest BCUT2D eigenvalue weighted by Crippen LogP contribution is -2.24. The first-order valence-corrected chi connectivity index (χ1v) is 21.8. The first-order chi connectivity index (χ1) is 29.0. The molecule has 12 rings (SSSR count). The van der Waals surface area contributed by atoms with Crippen LogP contribution in [0.25, 0.3) is 54.6 Å². The van der Waals surface area contributed by atoms with Crippen LogP contribution >= 0.6 is 0 Å². The van der Waals surface area contributed by atoms with Gasteiger partial charge in [0.25, 0.3) is 0 Å². The van der Waals surface area contributed by atoms with Gasteiger partial charge in [0.2, 0.25) is 0 Å². The van der Waals surface area contributed by atoms with Crippen LogP contribution in [0.1, 0.15) is 54.9 Å². The molecule has 4 aliphatic rings. The van der Waals surface area contributed by atoms with E-state index in [9.17, 15) is 0 Å². The van der Waals surface area contributed by atoms with Crippen LogP contribution in [0.5, 0.6) is 0 Å². The van der Waals surface area contributed by atoms with Crippen LogP contribution in [0.4, 0.5) is 22.7 Å². The molecular formula is C57H48N2. The lowest BCUT2D eigenvalue weighted by Gasteiger charge is -2.33. The molecule has 0 N–H and O–H groups in total. The molecular weight excluding hydrogens is 713 g/mol. The van der Waals surface area contributed by atoms with E-state index in [1.54, 1.807) is 0 Å². The molecule has 59 heavy (non-hydrogen) atoms. The summed E-state index contributed by atoms with van der Waals surface area (Å²) in [5.41, 5.74) is 16.4. The zero-order valence-corrected chi connectivity index (χ0v) is 34.0. The standard InChI is InChI=1S/C57H48N2/c1-57(2)50-25-8-7-22-46(50)56-47(24-12-26-51(56)57)55-45-32-30-40(58-33-13-19-38-16-4-9-27-52(38)58)35-48(45)54(43-23-11-18-37-15-3-6-21-42(37)43)44-31-29-41(36-49(44)55)59-34-14-20-39-17-5-10-28-53(39)59/h3-12,15-18,21-32,35-36,46,50H,13-14,19-20,33-34H2,1-2H3. The Bertz CT molecular complexity index is 3070. The largest absolute Gasteiger partial charge is 0.341 e. The second-order valence-corrected chi connectivity index (χ2v) is 17.8. The van der Waals surface area contributed by atoms with Crippen molar-refractivity contribution in [3.63, 3.8) is 0 Å². The molecule has 2 aliphatic carbocycles. The number of benzene rings is 8. The number of hydrogen-bond donors (Lipinski definition) is 0. The van der Waals surface area contributed by atoms with Crippen LogP contribution in [-0.2, 0) is 18.3 Å². The van der Waals surface area contributed by atoms with Crippen molar-refractivity contribution in [1.82, 2.24) is 0 Å². The molecule has 2 heteroatoms. The molecule has 0 fully saturated rings. The average Bonchev–Trinajstić information content (AvgIpc) is 3.53. The number of para-hydroxylation sites is 2. The molecule has 286 valence electrons. The normalized spacial score (nSPS) is 18.9. The van der Waals surface area contributed by atoms with Crippen molar-refractivity contribution >= 4 is 55.1 Å². The van der Waals surface area contributed by atoms with Crippen LogP contribution < -0.4 is 9.80 Å². The predicted molar refractivity (Wildman–Crippen MR) is 251 cm³/mol. The van der Waals surface area contributed by atoms with Crippen LogP contribution in [-0.4, -0.2) is 13.1 Å². The first kappa shape index (κ1) is 34.6. The van der Waals surface area contributed by atoms with Gasteiger partial charge in [-0.3, -0.25) is 0 Å². The van der Waals surface area contributed by atoms with Gasteiger partial charge in [0, 0.05) is 41.8 Å². The number of hydrogen-bond acceptors (Lipinski definition) is 2. The minimum absolute atomic E-state index is 0.0171. The highest BCUT2D eigenvalue weighted by atomic mass is 15.1. The Balaban J connectivity index is 1.22. The van der Waals surface area contributed by atoms with Crippen molar-refractivity contribution in [2.24, 2.45) is 5.92 Å². The van der Waals surface area contributed by atoms with Gasteiger partial charge in [-0.05, 0) is 150 Å². The maximum absolute atomic E-state index is 2.57. The van der Waals surface area contributed by atoms with E-state index >= 15 is 0 Å². The second-order valence-electron chi connectivity index (χ2n) is 17.8. The smallest absolute Gasteiger partial charge is 0.0443 e. The van der Waals surface area contributed by atoms with E-state index in [2.05, 4.69) is 194 Å². The summed E-state index contributed by atoms with van der Waals surface area (Å²) in [6.07, 6.45) is 14.0. The fourth-order valence-electron chi connectivity index (χ4n) is 11.6. The molecule has 2 atom stereocenters. The van der Waals surface area contributed by atoms with Crippen molar-refractivity contribution < 1.29 is 0 Å². The van der Waals surface area contributed by atoms with Gasteiger partial charge in [0.15, 0.2) is 0 Å². The number of allylic oxidation sites excluding steroid dienone is 4. The maximum atomic E-state index is 2.57. The number of nitrogens with zero attached hydrogens (tertiary/aromatic N) is 2. The molecule has 0 spiro atoms. The van der Waals surface area contributed by atoms with Gasteiger partial charge in [-0.2, -0.15) is 0 Å². The zero-order valence-electron chi connectivity index (χ0n) is 34.0. The molecule has 0 saturated heterocycles. The van der Waals surface area contributed by atoms with E-state index in [1.807, 2.05) is 0 Å². The van der Waals surface area contributed by atoms with Gasteiger partial charge < -0.3 is 9.80 Å². The van der Waals surface area contributed by atoms with Crippen LogP contribution in [0.15, 0.2) is 170 Å². The highest BCUT2D eigenvalue weighted by Gasteiger charge is 2.46. The minimum atomic E-state index is 0.0171. The summed E-state index contributed by atoms with van der Waals surface area (Å²) in [6.45, 7) is 6.94. The van der Waals surface area contributed by atoms with Crippen LogP contribution in [0.3, 0.4) is 0 Å². The maximum Gasteiger partial charge on any atom is 0.0443 e. The van der Waals surface area contributed by atoms with Gasteiger partial charge >= 0.3 is 0 Å². The van der Waals surface area contributed by atoms with Gasteiger partial charge in [0.1, 0.15) is 0 Å². The van der Waals surface area contributed by atoms with Gasteiger partial charge in [-0.1, -0.05) is 147 Å². The highest BCUT2D eigenvalue weighted by Crippen LogP contribution is 2.57. The van der Waals surface area contributed by atoms with Crippen molar-refractivity contribution in [2.45, 2.75) is 50.9 Å². The number of anilines is 4. The van der Waals surface area contributed by atoms with Crippen molar-refractivity contribution in [3.05, 3.63) is 192 Å².